The number of imidazole rings is 1. The van der Waals surface area contributed by atoms with Crippen LogP contribution in [0.1, 0.15) is 36.0 Å². The molecule has 1 aliphatic heterocycles. The fourth-order valence-electron chi connectivity index (χ4n) is 6.14. The van der Waals surface area contributed by atoms with Crippen molar-refractivity contribution < 1.29 is 22.7 Å². The van der Waals surface area contributed by atoms with Gasteiger partial charge in [-0.05, 0) is 42.9 Å². The number of fused-ring (bicyclic) bond motifs is 3. The molecule has 3 aromatic heterocycles. The molecule has 4 heterocycles. The molecule has 1 saturated carbocycles. The fraction of sp³-hybridized carbons (Fsp3) is 0.462. The first kappa shape index (κ1) is 23.7. The lowest BCUT2D eigenvalue weighted by molar-refractivity contribution is -0.139. The van der Waals surface area contributed by atoms with Gasteiger partial charge < -0.3 is 18.8 Å². The Morgan fingerprint density at radius 3 is 2.76 bits per heavy atom. The van der Waals surface area contributed by atoms with Gasteiger partial charge in [0.2, 0.25) is 0 Å². The van der Waals surface area contributed by atoms with Gasteiger partial charge in [0.1, 0.15) is 29.8 Å². The van der Waals surface area contributed by atoms with Crippen molar-refractivity contribution in [2.45, 2.75) is 38.4 Å². The number of piperidine rings is 1. The van der Waals surface area contributed by atoms with Crippen molar-refractivity contribution in [2.24, 2.45) is 18.9 Å². The first-order valence-corrected chi connectivity index (χ1v) is 12.4. The molecule has 2 aliphatic rings. The monoisotopic (exact) mass is 512 g/mol. The number of aryl methyl sites for hydroxylation is 1. The third-order valence-corrected chi connectivity index (χ3v) is 7.85. The highest BCUT2D eigenvalue weighted by Crippen LogP contribution is 2.39. The maximum absolute atomic E-state index is 13.5. The van der Waals surface area contributed by atoms with E-state index in [2.05, 4.69) is 9.97 Å². The van der Waals surface area contributed by atoms with Crippen LogP contribution in [-0.4, -0.2) is 61.3 Å². The second-order valence-electron chi connectivity index (χ2n) is 10.1. The number of methoxy groups -OCH3 is 1. The molecule has 1 aliphatic carbocycles. The minimum atomic E-state index is -4.46. The van der Waals surface area contributed by atoms with Crippen LogP contribution in [0.4, 0.5) is 13.2 Å². The van der Waals surface area contributed by atoms with Gasteiger partial charge in [-0.3, -0.25) is 4.79 Å². The summed E-state index contributed by atoms with van der Waals surface area (Å²) in [4.78, 5) is 28.1. The maximum atomic E-state index is 13.5. The highest BCUT2D eigenvalue weighted by molar-refractivity contribution is 6.00. The van der Waals surface area contributed by atoms with Gasteiger partial charge >= 0.3 is 6.18 Å². The number of rotatable bonds is 4. The third-order valence-electron chi connectivity index (χ3n) is 7.85. The molecule has 0 radical (unpaired) electrons. The zero-order valence-corrected chi connectivity index (χ0v) is 20.6. The van der Waals surface area contributed by atoms with Gasteiger partial charge in [-0.2, -0.15) is 13.2 Å². The van der Waals surface area contributed by atoms with E-state index in [1.807, 2.05) is 4.90 Å². The number of carbonyl (C=O) groups excluding carboxylic acids is 1. The van der Waals surface area contributed by atoms with E-state index in [1.165, 1.54) is 32.5 Å². The minimum Gasteiger partial charge on any atom is -0.494 e. The quantitative estimate of drug-likeness (QED) is 0.392. The molecule has 194 valence electrons. The molecule has 0 spiro atoms. The van der Waals surface area contributed by atoms with Crippen LogP contribution >= 0.6 is 0 Å². The lowest BCUT2D eigenvalue weighted by Crippen LogP contribution is -2.42. The third kappa shape index (κ3) is 4.10. The van der Waals surface area contributed by atoms with Crippen molar-refractivity contribution >= 4 is 28.0 Å². The molecule has 0 N–H and O–H groups in total. The van der Waals surface area contributed by atoms with Crippen LogP contribution in [-0.2, 0) is 13.6 Å². The standard InChI is InChI=1S/C26H27F3N6O2/c1-33-22-19(32-24(33)20-9-18-11-30-14-31-23(18)35(20)13-26(27,28)29)8-17(10-21(22)37-2)25(36)34-7-6-15-4-3-5-16(15)12-34/h8-11,14-16H,3-7,12-13H2,1-2H3. The van der Waals surface area contributed by atoms with Gasteiger partial charge in [0.15, 0.2) is 5.82 Å². The summed E-state index contributed by atoms with van der Waals surface area (Å²) in [5, 5.41) is 0.479. The van der Waals surface area contributed by atoms with Crippen molar-refractivity contribution in [1.82, 2.24) is 29.0 Å². The second kappa shape index (κ2) is 8.74. The fourth-order valence-corrected chi connectivity index (χ4v) is 6.14. The number of ether oxygens (including phenoxy) is 1. The number of amides is 1. The number of halogens is 3. The van der Waals surface area contributed by atoms with E-state index in [1.54, 1.807) is 29.8 Å². The zero-order valence-electron chi connectivity index (χ0n) is 20.6. The molecular formula is C26H27F3N6O2. The normalized spacial score (nSPS) is 20.1. The van der Waals surface area contributed by atoms with Crippen molar-refractivity contribution in [3.63, 3.8) is 0 Å². The van der Waals surface area contributed by atoms with Crippen molar-refractivity contribution in [2.75, 3.05) is 20.2 Å². The molecular weight excluding hydrogens is 485 g/mol. The topological polar surface area (TPSA) is 78.1 Å². The maximum Gasteiger partial charge on any atom is 0.406 e. The van der Waals surface area contributed by atoms with Gasteiger partial charge in [0.25, 0.3) is 5.91 Å². The molecule has 4 aromatic rings. The van der Waals surface area contributed by atoms with E-state index >= 15 is 0 Å². The summed E-state index contributed by atoms with van der Waals surface area (Å²) in [7, 11) is 3.23. The molecule has 1 aromatic carbocycles. The van der Waals surface area contributed by atoms with Gasteiger partial charge in [0, 0.05) is 37.3 Å². The number of aromatic nitrogens is 5. The lowest BCUT2D eigenvalue weighted by Gasteiger charge is -2.35. The molecule has 2 atom stereocenters. The van der Waals surface area contributed by atoms with Crippen LogP contribution in [0.3, 0.4) is 0 Å². The molecule has 1 saturated heterocycles. The average Bonchev–Trinajstić information content (AvgIpc) is 3.57. The largest absolute Gasteiger partial charge is 0.494 e. The first-order chi connectivity index (χ1) is 17.7. The Bertz CT molecular complexity index is 1510. The summed E-state index contributed by atoms with van der Waals surface area (Å²) in [6, 6.07) is 5.02. The minimum absolute atomic E-state index is 0.0702. The van der Waals surface area contributed by atoms with Crippen molar-refractivity contribution in [3.05, 3.63) is 36.3 Å². The van der Waals surface area contributed by atoms with Crippen LogP contribution in [0, 0.1) is 11.8 Å². The summed E-state index contributed by atoms with van der Waals surface area (Å²) >= 11 is 0. The number of benzene rings is 1. The summed E-state index contributed by atoms with van der Waals surface area (Å²) in [5.41, 5.74) is 1.97. The van der Waals surface area contributed by atoms with Crippen molar-refractivity contribution in [3.8, 4) is 17.3 Å². The number of likely N-dealkylation sites (tertiary alicyclic amines) is 1. The molecule has 11 heteroatoms. The Labute approximate surface area is 211 Å². The number of alkyl halides is 3. The lowest BCUT2D eigenvalue weighted by atomic mass is 9.88. The second-order valence-corrected chi connectivity index (χ2v) is 10.1. The highest BCUT2D eigenvalue weighted by Gasteiger charge is 2.35. The molecule has 1 amide bonds. The van der Waals surface area contributed by atoms with Crippen LogP contribution in [0.2, 0.25) is 0 Å². The molecule has 2 unspecified atom stereocenters. The summed E-state index contributed by atoms with van der Waals surface area (Å²) in [5.74, 6) is 1.96. The molecule has 8 nitrogen and oxygen atoms in total. The van der Waals surface area contributed by atoms with Crippen LogP contribution in [0.25, 0.3) is 33.6 Å². The van der Waals surface area contributed by atoms with Crippen LogP contribution in [0.5, 0.6) is 5.75 Å². The Morgan fingerprint density at radius 1 is 1.16 bits per heavy atom. The average molecular weight is 513 g/mol. The van der Waals surface area contributed by atoms with Gasteiger partial charge in [-0.15, -0.1) is 0 Å². The van der Waals surface area contributed by atoms with E-state index in [4.69, 9.17) is 9.72 Å². The number of hydrogen-bond acceptors (Lipinski definition) is 5. The van der Waals surface area contributed by atoms with Crippen molar-refractivity contribution in [1.29, 1.82) is 0 Å². The highest BCUT2D eigenvalue weighted by atomic mass is 19.4. The SMILES string of the molecule is COc1cc(C(=O)N2CCC3CCCC3C2)cc2nc(-c3cc4cncnc4n3CC(F)(F)F)n(C)c12. The zero-order chi connectivity index (χ0) is 25.9. The Morgan fingerprint density at radius 2 is 1.97 bits per heavy atom. The van der Waals surface area contributed by atoms with E-state index in [-0.39, 0.29) is 17.2 Å². The van der Waals surface area contributed by atoms with E-state index < -0.39 is 12.7 Å². The number of carbonyl (C=O) groups is 1. The predicted octanol–water partition coefficient (Wildman–Crippen LogP) is 4.82. The van der Waals surface area contributed by atoms with Crippen LogP contribution < -0.4 is 4.74 Å². The first-order valence-electron chi connectivity index (χ1n) is 12.4. The van der Waals surface area contributed by atoms with Gasteiger partial charge in [-0.25, -0.2) is 15.0 Å². The summed E-state index contributed by atoms with van der Waals surface area (Å²) in [6.45, 7) is 0.270. The predicted molar refractivity (Wildman–Crippen MR) is 131 cm³/mol. The van der Waals surface area contributed by atoms with E-state index in [0.717, 1.165) is 30.5 Å². The smallest absolute Gasteiger partial charge is 0.406 e. The van der Waals surface area contributed by atoms with Gasteiger partial charge in [-0.1, -0.05) is 12.8 Å². The number of nitrogens with zero attached hydrogens (tertiary/aromatic N) is 6. The molecule has 37 heavy (non-hydrogen) atoms. The Balaban J connectivity index is 1.44. The summed E-state index contributed by atoms with van der Waals surface area (Å²) in [6.07, 6.45) is 2.91. The van der Waals surface area contributed by atoms with Gasteiger partial charge in [0.05, 0.1) is 18.3 Å². The molecule has 2 fully saturated rings. The molecule has 0 bridgehead atoms. The summed E-state index contributed by atoms with van der Waals surface area (Å²) < 4.78 is 49.0. The molecule has 6 rings (SSSR count). The Hall–Kier alpha value is -3.63. The Kier molecular flexibility index (Phi) is 5.61. The number of hydrogen-bond donors (Lipinski definition) is 0. The van der Waals surface area contributed by atoms with Crippen LogP contribution in [0.15, 0.2) is 30.7 Å². The van der Waals surface area contributed by atoms with E-state index in [9.17, 15) is 18.0 Å². The van der Waals surface area contributed by atoms with E-state index in [0.29, 0.717) is 45.4 Å².